The van der Waals surface area contributed by atoms with Gasteiger partial charge in [0.1, 0.15) is 17.7 Å². The number of para-hydroxylation sites is 1. The number of nitrogens with one attached hydrogen (secondary N) is 3. The minimum atomic E-state index is -0.178. The molecule has 1 aliphatic heterocycles. The molecule has 1 aliphatic carbocycles. The van der Waals surface area contributed by atoms with Gasteiger partial charge in [-0.25, -0.2) is 4.39 Å². The Labute approximate surface area is 217 Å². The van der Waals surface area contributed by atoms with Gasteiger partial charge in [-0.2, -0.15) is 0 Å². The van der Waals surface area contributed by atoms with Crippen molar-refractivity contribution in [2.24, 2.45) is 5.92 Å². The molecule has 198 valence electrons. The number of rotatable bonds is 3. The zero-order valence-corrected chi connectivity index (χ0v) is 22.3. The topological polar surface area (TPSA) is 48.6 Å². The molecule has 6 heteroatoms. The number of fused-ring (bicyclic) bond motifs is 1. The Kier molecular flexibility index (Phi) is 10.2. The second-order valence-corrected chi connectivity index (χ2v) is 10.9. The minimum absolute atomic E-state index is 0.126. The van der Waals surface area contributed by atoms with E-state index in [2.05, 4.69) is 66.0 Å². The maximum atomic E-state index is 13.4. The van der Waals surface area contributed by atoms with Crippen LogP contribution in [0, 0.1) is 11.7 Å². The van der Waals surface area contributed by atoms with Gasteiger partial charge < -0.3 is 25.6 Å². The van der Waals surface area contributed by atoms with Crippen LogP contribution in [-0.4, -0.2) is 68.9 Å². The third-order valence-electron chi connectivity index (χ3n) is 7.68. The molecule has 1 fully saturated rings. The predicted octanol–water partition coefficient (Wildman–Crippen LogP) is 4.02. The number of hydrogen-bond acceptors (Lipinski definition) is 5. The number of aryl methyl sites for hydroxylation is 1. The zero-order valence-electron chi connectivity index (χ0n) is 22.3. The number of hydrogen-bond donors (Lipinski definition) is 3. The Hall–Kier alpha value is -1.99. The highest BCUT2D eigenvalue weighted by molar-refractivity contribution is 5.33. The van der Waals surface area contributed by atoms with Gasteiger partial charge in [0, 0.05) is 44.3 Å². The van der Waals surface area contributed by atoms with Gasteiger partial charge in [-0.05, 0) is 94.8 Å². The summed E-state index contributed by atoms with van der Waals surface area (Å²) in [5.41, 5.74) is 2.44. The van der Waals surface area contributed by atoms with Gasteiger partial charge in [0.25, 0.3) is 0 Å². The lowest BCUT2D eigenvalue weighted by Gasteiger charge is -2.32. The van der Waals surface area contributed by atoms with Crippen molar-refractivity contribution >= 4 is 0 Å². The van der Waals surface area contributed by atoms with Gasteiger partial charge in [0.2, 0.25) is 0 Å². The van der Waals surface area contributed by atoms with E-state index in [0.717, 1.165) is 69.2 Å². The van der Waals surface area contributed by atoms with E-state index in [1.54, 1.807) is 12.1 Å². The molecule has 3 N–H and O–H groups in total. The van der Waals surface area contributed by atoms with Crippen LogP contribution >= 0.6 is 0 Å². The molecule has 5 nitrogen and oxygen atoms in total. The molecule has 0 bridgehead atoms. The van der Waals surface area contributed by atoms with Crippen LogP contribution in [0.15, 0.2) is 48.5 Å². The van der Waals surface area contributed by atoms with E-state index in [-0.39, 0.29) is 11.9 Å². The fourth-order valence-corrected chi connectivity index (χ4v) is 5.06. The maximum absolute atomic E-state index is 13.4. The molecule has 1 heterocycles. The summed E-state index contributed by atoms with van der Waals surface area (Å²) in [6, 6.07) is 16.6. The Balaban J connectivity index is 1.44. The van der Waals surface area contributed by atoms with Crippen molar-refractivity contribution in [3.05, 3.63) is 65.5 Å². The van der Waals surface area contributed by atoms with Crippen molar-refractivity contribution in [2.75, 3.05) is 39.8 Å². The summed E-state index contributed by atoms with van der Waals surface area (Å²) in [5.74, 6) is 1.60. The number of likely N-dealkylation sites (N-methyl/N-ethyl adjacent to an activating group) is 1. The van der Waals surface area contributed by atoms with Crippen LogP contribution in [0.4, 0.5) is 4.39 Å². The highest BCUT2D eigenvalue weighted by atomic mass is 19.1. The highest BCUT2D eigenvalue weighted by Crippen LogP contribution is 2.33. The van der Waals surface area contributed by atoms with Crippen LogP contribution in [0.2, 0.25) is 0 Å². The van der Waals surface area contributed by atoms with E-state index in [1.165, 1.54) is 18.4 Å². The molecule has 1 saturated carbocycles. The van der Waals surface area contributed by atoms with Crippen LogP contribution < -0.4 is 20.7 Å². The first-order valence-electron chi connectivity index (χ1n) is 13.8. The van der Waals surface area contributed by atoms with E-state index in [0.29, 0.717) is 18.1 Å². The van der Waals surface area contributed by atoms with Crippen molar-refractivity contribution in [1.82, 2.24) is 20.9 Å². The minimum Gasteiger partial charge on any atom is -0.489 e. The summed E-state index contributed by atoms with van der Waals surface area (Å²) < 4.78 is 19.8. The number of benzene rings is 2. The summed E-state index contributed by atoms with van der Waals surface area (Å²) >= 11 is 0. The molecule has 0 aromatic heterocycles. The summed E-state index contributed by atoms with van der Waals surface area (Å²) in [5, 5.41) is 11.3. The van der Waals surface area contributed by atoms with E-state index >= 15 is 0 Å². The van der Waals surface area contributed by atoms with Gasteiger partial charge in [0.05, 0.1) is 0 Å². The summed E-state index contributed by atoms with van der Waals surface area (Å²) in [7, 11) is 2.24. The molecule has 2 aromatic carbocycles. The van der Waals surface area contributed by atoms with Crippen LogP contribution in [-0.2, 0) is 12.8 Å². The van der Waals surface area contributed by atoms with Gasteiger partial charge in [-0.1, -0.05) is 30.3 Å². The average molecular weight is 497 g/mol. The van der Waals surface area contributed by atoms with Gasteiger partial charge in [-0.15, -0.1) is 0 Å². The molecule has 0 radical (unpaired) electrons. The van der Waals surface area contributed by atoms with E-state index in [9.17, 15) is 4.39 Å². The molecule has 36 heavy (non-hydrogen) atoms. The quantitative estimate of drug-likeness (QED) is 0.599. The number of nitrogens with zero attached hydrogens (tertiary/aromatic N) is 1. The van der Waals surface area contributed by atoms with Gasteiger partial charge in [0.15, 0.2) is 0 Å². The van der Waals surface area contributed by atoms with Crippen LogP contribution in [0.1, 0.15) is 44.2 Å². The van der Waals surface area contributed by atoms with Crippen molar-refractivity contribution in [1.29, 1.82) is 0 Å². The second kappa shape index (κ2) is 13.5. The number of halogens is 1. The van der Waals surface area contributed by atoms with Crippen molar-refractivity contribution < 1.29 is 9.13 Å². The van der Waals surface area contributed by atoms with Crippen LogP contribution in [0.3, 0.4) is 0 Å². The molecule has 0 unspecified atom stereocenters. The molecule has 4 atom stereocenters. The molecule has 4 rings (SSSR count). The molecule has 0 amide bonds. The Morgan fingerprint density at radius 3 is 2.53 bits per heavy atom. The van der Waals surface area contributed by atoms with E-state index < -0.39 is 0 Å². The smallest absolute Gasteiger partial charge is 0.123 e. The molecule has 0 spiro atoms. The molecule has 0 saturated heterocycles. The van der Waals surface area contributed by atoms with Gasteiger partial charge >= 0.3 is 0 Å². The molecule has 2 aromatic rings. The molecular formula is C30H45FN4O. The Morgan fingerprint density at radius 1 is 0.972 bits per heavy atom. The summed E-state index contributed by atoms with van der Waals surface area (Å²) in [6.45, 7) is 9.13. The predicted molar refractivity (Wildman–Crippen MR) is 146 cm³/mol. The summed E-state index contributed by atoms with van der Waals surface area (Å²) in [6.07, 6.45) is 5.69. The fourth-order valence-electron chi connectivity index (χ4n) is 5.06. The third kappa shape index (κ3) is 8.55. The monoisotopic (exact) mass is 496 g/mol. The van der Waals surface area contributed by atoms with E-state index in [1.807, 2.05) is 12.1 Å². The van der Waals surface area contributed by atoms with Crippen molar-refractivity contribution in [3.8, 4) is 5.75 Å². The zero-order chi connectivity index (χ0) is 25.3. The van der Waals surface area contributed by atoms with E-state index in [4.69, 9.17) is 4.74 Å². The SMILES string of the molecule is C[C@@H]1CN[C@@H](C2CC2)CN(C)[C@H](C)CN[C@H](Cc2ccc(F)cc2)CNCCCc2ccccc2O1. The van der Waals surface area contributed by atoms with Crippen molar-refractivity contribution in [2.45, 2.75) is 70.2 Å². The lowest BCUT2D eigenvalue weighted by Crippen LogP contribution is -2.50. The first-order valence-corrected chi connectivity index (χ1v) is 13.8. The molecular weight excluding hydrogens is 451 g/mol. The lowest BCUT2D eigenvalue weighted by molar-refractivity contribution is 0.181. The second-order valence-electron chi connectivity index (χ2n) is 10.9. The lowest BCUT2D eigenvalue weighted by atomic mass is 10.0. The first kappa shape index (κ1) is 27.1. The Morgan fingerprint density at radius 2 is 1.75 bits per heavy atom. The fraction of sp³-hybridized carbons (Fsp3) is 0.600. The van der Waals surface area contributed by atoms with Crippen molar-refractivity contribution in [3.63, 3.8) is 0 Å². The average Bonchev–Trinajstić information content (AvgIpc) is 3.71. The third-order valence-corrected chi connectivity index (χ3v) is 7.68. The van der Waals surface area contributed by atoms with Crippen LogP contribution in [0.5, 0.6) is 5.75 Å². The first-order chi connectivity index (χ1) is 17.5. The largest absolute Gasteiger partial charge is 0.489 e. The van der Waals surface area contributed by atoms with Gasteiger partial charge in [-0.3, -0.25) is 0 Å². The normalized spacial score (nSPS) is 27.9. The molecule has 2 aliphatic rings. The highest BCUT2D eigenvalue weighted by Gasteiger charge is 2.32. The maximum Gasteiger partial charge on any atom is 0.123 e. The van der Waals surface area contributed by atoms with Crippen LogP contribution in [0.25, 0.3) is 0 Å². The Bertz CT molecular complexity index is 919. The standard InChI is InChI=1S/C30H45FN4O/c1-22-18-33-28(17-24-10-14-27(31)15-11-24)20-32-16-6-8-26-7-4-5-9-30(26)36-23(2)19-34-29(21-35(22)3)25-12-13-25/h4-5,7,9-11,14-15,22-23,25,28-29,32-34H,6,8,12-13,16-21H2,1-3H3/t22-,23-,28-,29-/m1/s1. The number of ether oxygens (including phenoxy) is 1. The summed E-state index contributed by atoms with van der Waals surface area (Å²) in [4.78, 5) is 2.48.